The van der Waals surface area contributed by atoms with E-state index in [9.17, 15) is 4.79 Å². The van der Waals surface area contributed by atoms with Crippen LogP contribution in [0.15, 0.2) is 48.8 Å². The molecule has 1 aromatic carbocycles. The van der Waals surface area contributed by atoms with E-state index in [1.54, 1.807) is 10.9 Å². The summed E-state index contributed by atoms with van der Waals surface area (Å²) in [5.74, 6) is 0.0873. The lowest BCUT2D eigenvalue weighted by Gasteiger charge is -2.34. The van der Waals surface area contributed by atoms with E-state index in [0.29, 0.717) is 13.2 Å². The molecule has 1 aliphatic rings. The molecule has 0 unspecified atom stereocenters. The first kappa shape index (κ1) is 15.7. The van der Waals surface area contributed by atoms with Crippen molar-refractivity contribution < 1.29 is 9.53 Å². The van der Waals surface area contributed by atoms with Crippen LogP contribution in [-0.4, -0.2) is 46.4 Å². The number of amides is 1. The van der Waals surface area contributed by atoms with Crippen LogP contribution in [0.4, 0.5) is 0 Å². The lowest BCUT2D eigenvalue weighted by Crippen LogP contribution is -2.46. The summed E-state index contributed by atoms with van der Waals surface area (Å²) in [6.45, 7) is 4.13. The molecule has 1 saturated heterocycles. The molecule has 0 bridgehead atoms. The second kappa shape index (κ2) is 7.42. The van der Waals surface area contributed by atoms with Crippen molar-refractivity contribution in [2.24, 2.45) is 0 Å². The van der Waals surface area contributed by atoms with E-state index in [1.807, 2.05) is 54.4 Å². The molecule has 0 radical (unpaired) electrons. The maximum Gasteiger partial charge on any atom is 0.252 e. The molecule has 1 amide bonds. The first-order chi connectivity index (χ1) is 11.3. The second-order valence-electron chi connectivity index (χ2n) is 5.80. The number of carbonyl (C=O) groups excluding carboxylic acids is 1. The first-order valence-electron chi connectivity index (χ1n) is 8.24. The number of nitrogens with zero attached hydrogens (tertiary/aromatic N) is 3. The van der Waals surface area contributed by atoms with Crippen molar-refractivity contribution in [3.05, 3.63) is 54.4 Å². The Bertz CT molecular complexity index is 610. The largest absolute Gasteiger partial charge is 0.377 e. The zero-order chi connectivity index (χ0) is 16.1. The number of hydrogen-bond acceptors (Lipinski definition) is 3. The van der Waals surface area contributed by atoms with E-state index in [1.165, 1.54) is 0 Å². The lowest BCUT2D eigenvalue weighted by molar-refractivity contribution is -0.137. The van der Waals surface area contributed by atoms with E-state index in [-0.39, 0.29) is 12.0 Å². The predicted octanol–water partition coefficient (Wildman–Crippen LogP) is 2.50. The summed E-state index contributed by atoms with van der Waals surface area (Å²) < 4.78 is 7.46. The number of rotatable bonds is 5. The second-order valence-corrected chi connectivity index (χ2v) is 5.80. The molecule has 1 aliphatic heterocycles. The minimum Gasteiger partial charge on any atom is -0.377 e. The van der Waals surface area contributed by atoms with Gasteiger partial charge in [-0.05, 0) is 31.4 Å². The van der Waals surface area contributed by atoms with Crippen molar-refractivity contribution in [3.63, 3.8) is 0 Å². The van der Waals surface area contributed by atoms with Crippen LogP contribution in [0, 0.1) is 0 Å². The van der Waals surface area contributed by atoms with Gasteiger partial charge in [0.1, 0.15) is 0 Å². The van der Waals surface area contributed by atoms with Gasteiger partial charge in [-0.25, -0.2) is 0 Å². The minimum absolute atomic E-state index is 0.0873. The van der Waals surface area contributed by atoms with Crippen LogP contribution in [0.5, 0.6) is 0 Å². The van der Waals surface area contributed by atoms with E-state index in [0.717, 1.165) is 24.9 Å². The summed E-state index contributed by atoms with van der Waals surface area (Å²) in [5, 5.41) is 4.30. The Hall–Kier alpha value is -2.14. The number of ether oxygens (including phenoxy) is 1. The zero-order valence-electron chi connectivity index (χ0n) is 13.5. The van der Waals surface area contributed by atoms with Gasteiger partial charge in [0, 0.05) is 32.1 Å². The van der Waals surface area contributed by atoms with E-state index in [2.05, 4.69) is 5.10 Å². The molecular formula is C18H23N3O2. The summed E-state index contributed by atoms with van der Waals surface area (Å²) in [7, 11) is 0. The molecule has 2 atom stereocenters. The Morgan fingerprint density at radius 1 is 1.35 bits per heavy atom. The van der Waals surface area contributed by atoms with Gasteiger partial charge in [-0.2, -0.15) is 5.10 Å². The van der Waals surface area contributed by atoms with Crippen LogP contribution >= 0.6 is 0 Å². The van der Waals surface area contributed by atoms with Crippen LogP contribution < -0.4 is 0 Å². The Balaban J connectivity index is 1.83. The molecule has 2 heterocycles. The van der Waals surface area contributed by atoms with Gasteiger partial charge in [0.2, 0.25) is 0 Å². The number of hydrogen-bond donors (Lipinski definition) is 0. The lowest BCUT2D eigenvalue weighted by atomic mass is 10.0. The van der Waals surface area contributed by atoms with E-state index < -0.39 is 6.04 Å². The maximum absolute atomic E-state index is 13.2. The fourth-order valence-electron chi connectivity index (χ4n) is 3.16. The molecule has 5 heteroatoms. The van der Waals surface area contributed by atoms with Crippen LogP contribution in [0.1, 0.15) is 31.4 Å². The van der Waals surface area contributed by atoms with Crippen LogP contribution in [0.25, 0.3) is 0 Å². The molecule has 0 saturated carbocycles. The van der Waals surface area contributed by atoms with Crippen molar-refractivity contribution in [2.75, 3.05) is 19.7 Å². The van der Waals surface area contributed by atoms with Crippen LogP contribution in [-0.2, 0) is 9.53 Å². The number of piperidine rings is 1. The third-order valence-corrected chi connectivity index (χ3v) is 4.23. The first-order valence-corrected chi connectivity index (χ1v) is 8.24. The van der Waals surface area contributed by atoms with Crippen LogP contribution in [0.2, 0.25) is 0 Å². The topological polar surface area (TPSA) is 47.4 Å². The molecule has 5 nitrogen and oxygen atoms in total. The number of likely N-dealkylation sites (tertiary alicyclic amines) is 1. The van der Waals surface area contributed by atoms with Crippen molar-refractivity contribution in [3.8, 4) is 0 Å². The molecule has 0 spiro atoms. The molecule has 1 fully saturated rings. The molecule has 0 N–H and O–H groups in total. The molecule has 122 valence electrons. The van der Waals surface area contributed by atoms with E-state index in [4.69, 9.17) is 4.74 Å². The normalized spacial score (nSPS) is 19.5. The summed E-state index contributed by atoms with van der Waals surface area (Å²) in [6, 6.07) is 11.3. The highest BCUT2D eigenvalue weighted by Gasteiger charge is 2.31. The maximum atomic E-state index is 13.2. The van der Waals surface area contributed by atoms with Crippen molar-refractivity contribution in [2.45, 2.75) is 31.9 Å². The molecule has 1 aromatic heterocycles. The predicted molar refractivity (Wildman–Crippen MR) is 88.0 cm³/mol. The van der Waals surface area contributed by atoms with Gasteiger partial charge in [0.05, 0.1) is 6.10 Å². The summed E-state index contributed by atoms with van der Waals surface area (Å²) >= 11 is 0. The van der Waals surface area contributed by atoms with Crippen molar-refractivity contribution in [1.82, 2.24) is 14.7 Å². The van der Waals surface area contributed by atoms with Gasteiger partial charge < -0.3 is 9.64 Å². The summed E-state index contributed by atoms with van der Waals surface area (Å²) in [6.07, 6.45) is 5.71. The third kappa shape index (κ3) is 3.62. The molecular weight excluding hydrogens is 290 g/mol. The average molecular weight is 313 g/mol. The Labute approximate surface area is 136 Å². The Kier molecular flexibility index (Phi) is 5.08. The summed E-state index contributed by atoms with van der Waals surface area (Å²) in [4.78, 5) is 15.1. The monoisotopic (exact) mass is 313 g/mol. The number of benzene rings is 1. The smallest absolute Gasteiger partial charge is 0.252 e. The summed E-state index contributed by atoms with van der Waals surface area (Å²) in [5.41, 5.74) is 0.958. The van der Waals surface area contributed by atoms with Gasteiger partial charge in [-0.15, -0.1) is 0 Å². The van der Waals surface area contributed by atoms with Gasteiger partial charge in [0.15, 0.2) is 6.04 Å². The van der Waals surface area contributed by atoms with Gasteiger partial charge in [-0.3, -0.25) is 9.48 Å². The van der Waals surface area contributed by atoms with Crippen molar-refractivity contribution >= 4 is 5.91 Å². The Morgan fingerprint density at radius 3 is 2.87 bits per heavy atom. The van der Waals surface area contributed by atoms with Gasteiger partial charge >= 0.3 is 0 Å². The standard InChI is InChI=1S/C18H23N3O2/c1-2-23-16-10-6-12-20(14-16)18(22)17(21-13-7-11-19-21)15-8-4-3-5-9-15/h3-5,7-9,11,13,16-17H,2,6,10,12,14H2,1H3/t16-,17+/m1/s1. The molecule has 3 rings (SSSR count). The average Bonchev–Trinajstić information content (AvgIpc) is 3.11. The highest BCUT2D eigenvalue weighted by atomic mass is 16.5. The fraction of sp³-hybridized carbons (Fsp3) is 0.444. The van der Waals surface area contributed by atoms with Gasteiger partial charge in [-0.1, -0.05) is 30.3 Å². The van der Waals surface area contributed by atoms with Gasteiger partial charge in [0.25, 0.3) is 5.91 Å². The van der Waals surface area contributed by atoms with E-state index >= 15 is 0 Å². The molecule has 2 aromatic rings. The molecule has 23 heavy (non-hydrogen) atoms. The SMILES string of the molecule is CCO[C@@H]1CCCN(C(=O)[C@H](c2ccccc2)n2cccn2)C1. The zero-order valence-corrected chi connectivity index (χ0v) is 13.5. The highest BCUT2D eigenvalue weighted by Crippen LogP contribution is 2.23. The Morgan fingerprint density at radius 2 is 2.17 bits per heavy atom. The number of carbonyl (C=O) groups is 1. The molecule has 0 aliphatic carbocycles. The highest BCUT2D eigenvalue weighted by molar-refractivity contribution is 5.83. The number of aromatic nitrogens is 2. The van der Waals surface area contributed by atoms with Crippen LogP contribution in [0.3, 0.4) is 0 Å². The fourth-order valence-corrected chi connectivity index (χ4v) is 3.16. The van der Waals surface area contributed by atoms with Crippen molar-refractivity contribution in [1.29, 1.82) is 0 Å². The minimum atomic E-state index is -0.411. The quantitative estimate of drug-likeness (QED) is 0.852. The third-order valence-electron chi connectivity index (χ3n) is 4.23.